The molecule has 1 N–H and O–H groups in total. The summed E-state index contributed by atoms with van der Waals surface area (Å²) in [6.07, 6.45) is 1.69. The van der Waals surface area contributed by atoms with Gasteiger partial charge in [0.1, 0.15) is 11.3 Å². The van der Waals surface area contributed by atoms with Crippen LogP contribution in [0.2, 0.25) is 5.02 Å². The first-order valence-electron chi connectivity index (χ1n) is 6.05. The minimum Gasteiger partial charge on any atom is -0.476 e. The number of pyridine rings is 1. The minimum absolute atomic E-state index is 0.122. The van der Waals surface area contributed by atoms with Crippen molar-refractivity contribution in [2.75, 3.05) is 0 Å². The Morgan fingerprint density at radius 3 is 2.70 bits per heavy atom. The summed E-state index contributed by atoms with van der Waals surface area (Å²) < 4.78 is 1.58. The van der Waals surface area contributed by atoms with Gasteiger partial charge in [0, 0.05) is 11.8 Å². The van der Waals surface area contributed by atoms with Crippen LogP contribution in [-0.4, -0.2) is 20.5 Å². The molecule has 2 heterocycles. The van der Waals surface area contributed by atoms with Gasteiger partial charge in [-0.2, -0.15) is 0 Å². The summed E-state index contributed by atoms with van der Waals surface area (Å²) in [6, 6.07) is 10.8. The first-order chi connectivity index (χ1) is 9.59. The molecule has 0 saturated carbocycles. The van der Waals surface area contributed by atoms with Crippen LogP contribution in [0.25, 0.3) is 16.9 Å². The van der Waals surface area contributed by atoms with E-state index in [-0.39, 0.29) is 5.69 Å². The van der Waals surface area contributed by atoms with E-state index in [9.17, 15) is 9.90 Å². The third kappa shape index (κ3) is 1.85. The molecule has 3 rings (SSSR count). The maximum atomic E-state index is 11.6. The monoisotopic (exact) mass is 286 g/mol. The molecule has 3 aromatic rings. The lowest BCUT2D eigenvalue weighted by molar-refractivity contribution is 0.0690. The number of hydrogen-bond acceptors (Lipinski definition) is 2. The quantitative estimate of drug-likeness (QED) is 0.782. The van der Waals surface area contributed by atoms with Crippen LogP contribution in [0.4, 0.5) is 0 Å². The number of imidazole rings is 1. The van der Waals surface area contributed by atoms with Crippen LogP contribution in [0.15, 0.2) is 42.6 Å². The van der Waals surface area contributed by atoms with Crippen molar-refractivity contribution in [3.8, 4) is 11.3 Å². The molecule has 0 spiro atoms. The van der Waals surface area contributed by atoms with E-state index < -0.39 is 5.97 Å². The zero-order chi connectivity index (χ0) is 14.3. The van der Waals surface area contributed by atoms with Gasteiger partial charge in [0.05, 0.1) is 5.02 Å². The second-order valence-corrected chi connectivity index (χ2v) is 4.89. The number of aryl methyl sites for hydroxylation is 1. The molecule has 0 atom stereocenters. The van der Waals surface area contributed by atoms with Gasteiger partial charge in [-0.1, -0.05) is 35.9 Å². The lowest BCUT2D eigenvalue weighted by Gasteiger charge is -2.02. The topological polar surface area (TPSA) is 54.6 Å². The molecule has 100 valence electrons. The molecule has 0 unspecified atom stereocenters. The van der Waals surface area contributed by atoms with Crippen LogP contribution >= 0.6 is 11.6 Å². The van der Waals surface area contributed by atoms with Crippen LogP contribution in [0.3, 0.4) is 0 Å². The van der Waals surface area contributed by atoms with Crippen LogP contribution < -0.4 is 0 Å². The number of aromatic carboxylic acids is 1. The number of benzene rings is 1. The Hall–Kier alpha value is -2.33. The van der Waals surface area contributed by atoms with Crippen molar-refractivity contribution in [1.29, 1.82) is 0 Å². The van der Waals surface area contributed by atoms with E-state index in [0.29, 0.717) is 21.9 Å². The first kappa shape index (κ1) is 12.7. The number of halogens is 1. The summed E-state index contributed by atoms with van der Waals surface area (Å²) in [5.74, 6) is -1.03. The standard InChI is InChI=1S/C15H11ClN2O2/c1-9-5-4-8-18-13(15(19)20)12(17-14(9)18)10-6-2-3-7-11(10)16/h2-8H,1H3,(H,19,20). The van der Waals surface area contributed by atoms with Crippen LogP contribution in [0, 0.1) is 6.92 Å². The maximum Gasteiger partial charge on any atom is 0.355 e. The zero-order valence-corrected chi connectivity index (χ0v) is 11.4. The molecule has 0 aliphatic rings. The second kappa shape index (κ2) is 4.65. The minimum atomic E-state index is -1.03. The van der Waals surface area contributed by atoms with Gasteiger partial charge in [-0.3, -0.25) is 4.40 Å². The third-order valence-electron chi connectivity index (χ3n) is 3.18. The molecule has 0 aliphatic heterocycles. The second-order valence-electron chi connectivity index (χ2n) is 4.48. The van der Waals surface area contributed by atoms with E-state index in [1.54, 1.807) is 34.9 Å². The molecule has 0 fully saturated rings. The van der Waals surface area contributed by atoms with Crippen molar-refractivity contribution < 1.29 is 9.90 Å². The van der Waals surface area contributed by atoms with Gasteiger partial charge in [0.15, 0.2) is 5.69 Å². The van der Waals surface area contributed by atoms with Crippen LogP contribution in [0.5, 0.6) is 0 Å². The lowest BCUT2D eigenvalue weighted by atomic mass is 10.1. The normalized spacial score (nSPS) is 10.9. The van der Waals surface area contributed by atoms with Crippen LogP contribution in [0.1, 0.15) is 16.1 Å². The average molecular weight is 287 g/mol. The van der Waals surface area contributed by atoms with E-state index >= 15 is 0 Å². The summed E-state index contributed by atoms with van der Waals surface area (Å²) in [5.41, 5.74) is 2.66. The van der Waals surface area contributed by atoms with Gasteiger partial charge in [-0.05, 0) is 24.6 Å². The van der Waals surface area contributed by atoms with Gasteiger partial charge in [0.25, 0.3) is 0 Å². The van der Waals surface area contributed by atoms with Crippen molar-refractivity contribution in [2.45, 2.75) is 6.92 Å². The van der Waals surface area contributed by atoms with Crippen molar-refractivity contribution in [3.05, 3.63) is 58.9 Å². The molecule has 20 heavy (non-hydrogen) atoms. The number of nitrogens with zero attached hydrogens (tertiary/aromatic N) is 2. The zero-order valence-electron chi connectivity index (χ0n) is 10.7. The van der Waals surface area contributed by atoms with Gasteiger partial charge in [-0.25, -0.2) is 9.78 Å². The van der Waals surface area contributed by atoms with Crippen molar-refractivity contribution in [2.24, 2.45) is 0 Å². The molecular weight excluding hydrogens is 276 g/mol. The first-order valence-corrected chi connectivity index (χ1v) is 6.43. The Morgan fingerprint density at radius 2 is 2.00 bits per heavy atom. The van der Waals surface area contributed by atoms with Crippen molar-refractivity contribution in [3.63, 3.8) is 0 Å². The molecule has 4 nitrogen and oxygen atoms in total. The Morgan fingerprint density at radius 1 is 1.25 bits per heavy atom. The number of aromatic nitrogens is 2. The fourth-order valence-electron chi connectivity index (χ4n) is 2.25. The van der Waals surface area contributed by atoms with E-state index in [1.807, 2.05) is 19.1 Å². The molecule has 0 saturated heterocycles. The Balaban J connectivity index is 2.42. The molecule has 2 aromatic heterocycles. The summed E-state index contributed by atoms with van der Waals surface area (Å²) in [6.45, 7) is 1.89. The van der Waals surface area contributed by atoms with E-state index in [4.69, 9.17) is 11.6 Å². The van der Waals surface area contributed by atoms with Gasteiger partial charge >= 0.3 is 5.97 Å². The third-order valence-corrected chi connectivity index (χ3v) is 3.51. The number of carboxylic acids is 1. The van der Waals surface area contributed by atoms with Gasteiger partial charge in [0.2, 0.25) is 0 Å². The molecule has 0 amide bonds. The summed E-state index contributed by atoms with van der Waals surface area (Å²) >= 11 is 6.16. The number of rotatable bonds is 2. The summed E-state index contributed by atoms with van der Waals surface area (Å²) in [5, 5.41) is 9.97. The molecule has 5 heteroatoms. The number of carboxylic acid groups (broad SMARTS) is 1. The largest absolute Gasteiger partial charge is 0.476 e. The highest BCUT2D eigenvalue weighted by atomic mass is 35.5. The fraction of sp³-hybridized carbons (Fsp3) is 0.0667. The molecular formula is C15H11ClN2O2. The molecule has 0 aliphatic carbocycles. The highest BCUT2D eigenvalue weighted by molar-refractivity contribution is 6.33. The Bertz CT molecular complexity index is 824. The lowest BCUT2D eigenvalue weighted by Crippen LogP contribution is -2.03. The highest BCUT2D eigenvalue weighted by Gasteiger charge is 2.21. The summed E-state index contributed by atoms with van der Waals surface area (Å²) in [4.78, 5) is 16.1. The Kier molecular flexibility index (Phi) is 2.95. The number of hydrogen-bond donors (Lipinski definition) is 1. The average Bonchev–Trinajstić information content (AvgIpc) is 2.80. The van der Waals surface area contributed by atoms with E-state index in [1.165, 1.54) is 0 Å². The van der Waals surface area contributed by atoms with Gasteiger partial charge in [-0.15, -0.1) is 0 Å². The smallest absolute Gasteiger partial charge is 0.355 e. The highest BCUT2D eigenvalue weighted by Crippen LogP contribution is 2.31. The van der Waals surface area contributed by atoms with Gasteiger partial charge < -0.3 is 5.11 Å². The molecule has 0 radical (unpaired) electrons. The maximum absolute atomic E-state index is 11.6. The number of carbonyl (C=O) groups is 1. The summed E-state index contributed by atoms with van der Waals surface area (Å²) in [7, 11) is 0. The predicted octanol–water partition coefficient (Wildman–Crippen LogP) is 3.66. The number of fused-ring (bicyclic) bond motifs is 1. The Labute approximate surface area is 120 Å². The molecule has 1 aromatic carbocycles. The van der Waals surface area contributed by atoms with Crippen molar-refractivity contribution in [1.82, 2.24) is 9.38 Å². The van der Waals surface area contributed by atoms with Crippen LogP contribution in [-0.2, 0) is 0 Å². The SMILES string of the molecule is Cc1cccn2c(C(=O)O)c(-c3ccccc3Cl)nc12. The fourth-order valence-corrected chi connectivity index (χ4v) is 2.47. The molecule has 0 bridgehead atoms. The van der Waals surface area contributed by atoms with Crippen molar-refractivity contribution >= 4 is 23.2 Å². The predicted molar refractivity (Wildman–Crippen MR) is 77.3 cm³/mol. The van der Waals surface area contributed by atoms with E-state index in [2.05, 4.69) is 4.98 Å². The van der Waals surface area contributed by atoms with E-state index in [0.717, 1.165) is 5.56 Å².